The summed E-state index contributed by atoms with van der Waals surface area (Å²) in [5.74, 6) is -13.7. The van der Waals surface area contributed by atoms with Gasteiger partial charge in [-0.1, -0.05) is 13.8 Å². The van der Waals surface area contributed by atoms with E-state index in [9.17, 15) is 39.0 Å². The molecule has 1 amide bonds. The molecule has 0 heterocycles. The number of nitrogens with zero attached hydrogens (tertiary/aromatic N) is 1. The minimum atomic E-state index is -2.95. The predicted octanol–water partition coefficient (Wildman–Crippen LogP) is -0.114. The maximum absolute atomic E-state index is 13.8. The van der Waals surface area contributed by atoms with Crippen molar-refractivity contribution in [2.24, 2.45) is 29.4 Å². The molecule has 11 nitrogen and oxygen atoms in total. The SMILES string of the molecule is CCC(=O)O[C@H]1[C@H]2C(C(=O)c3c(O)ccc(N(C)C)c3[C@@H]2C)C(=O)[C@]2(O)C(=O)C(C(N)=O)C(=O)C[C@H]12. The fourth-order valence-corrected chi connectivity index (χ4v) is 6.16. The van der Waals surface area contributed by atoms with Gasteiger partial charge in [-0.25, -0.2) is 0 Å². The first kappa shape index (κ1) is 25.5. The molecule has 0 saturated heterocycles. The van der Waals surface area contributed by atoms with Crippen molar-refractivity contribution < 1.29 is 43.7 Å². The number of nitrogens with two attached hydrogens (primary N) is 1. The van der Waals surface area contributed by atoms with E-state index < -0.39 is 82.7 Å². The predicted molar refractivity (Wildman–Crippen MR) is 123 cm³/mol. The first-order valence-electron chi connectivity index (χ1n) is 11.7. The number of esters is 1. The molecule has 192 valence electrons. The Morgan fingerprint density at radius 2 is 1.81 bits per heavy atom. The van der Waals surface area contributed by atoms with Crippen molar-refractivity contribution in [2.45, 2.75) is 44.3 Å². The lowest BCUT2D eigenvalue weighted by atomic mass is 9.50. The molecule has 1 aromatic carbocycles. The Bertz CT molecular complexity index is 1220. The quantitative estimate of drug-likeness (QED) is 0.372. The van der Waals surface area contributed by atoms with Crippen LogP contribution in [0.25, 0.3) is 0 Å². The number of benzene rings is 1. The zero-order chi connectivity index (χ0) is 26.9. The number of hydrogen-bond acceptors (Lipinski definition) is 10. The lowest BCUT2D eigenvalue weighted by Crippen LogP contribution is -2.73. The van der Waals surface area contributed by atoms with E-state index in [0.29, 0.717) is 11.3 Å². The van der Waals surface area contributed by atoms with Crippen LogP contribution in [0, 0.1) is 23.7 Å². The Balaban J connectivity index is 1.99. The normalized spacial score (nSPS) is 33.4. The molecule has 0 spiro atoms. The topological polar surface area (TPSA) is 181 Å². The third-order valence-corrected chi connectivity index (χ3v) is 7.82. The monoisotopic (exact) mass is 500 g/mol. The third kappa shape index (κ3) is 3.29. The molecule has 36 heavy (non-hydrogen) atoms. The van der Waals surface area contributed by atoms with Crippen LogP contribution in [0.5, 0.6) is 5.75 Å². The van der Waals surface area contributed by atoms with Gasteiger partial charge in [-0.3, -0.25) is 28.8 Å². The molecule has 2 saturated carbocycles. The van der Waals surface area contributed by atoms with E-state index in [-0.39, 0.29) is 17.7 Å². The molecule has 7 atom stereocenters. The summed E-state index contributed by atoms with van der Waals surface area (Å²) < 4.78 is 5.65. The molecule has 11 heteroatoms. The smallest absolute Gasteiger partial charge is 0.305 e. The number of phenols is 1. The summed E-state index contributed by atoms with van der Waals surface area (Å²) in [6.45, 7) is 3.21. The van der Waals surface area contributed by atoms with Crippen LogP contribution in [0.15, 0.2) is 12.1 Å². The molecule has 2 fully saturated rings. The standard InChI is InChI=1S/C25H28N2O9/c1-5-14(30)36-21-10-8-13(29)18(24(26)34)22(32)25(10,35)23(33)19-16(21)9(2)15-11(27(3)4)6-7-12(28)17(15)20(19)31/h6-7,9-10,16,18-19,21,28,35H,5,8H2,1-4H3,(H2,26,34)/t9-,10+,16+,18?,19?,21+,25+/m0/s1. The van der Waals surface area contributed by atoms with Crippen molar-refractivity contribution in [3.63, 3.8) is 0 Å². The average molecular weight is 501 g/mol. The molecule has 4 N–H and O–H groups in total. The minimum absolute atomic E-state index is 0.0819. The zero-order valence-electron chi connectivity index (χ0n) is 20.3. The number of amides is 1. The van der Waals surface area contributed by atoms with E-state index >= 15 is 0 Å². The molecule has 1 aromatic rings. The summed E-state index contributed by atoms with van der Waals surface area (Å²) in [5.41, 5.74) is 3.16. The first-order chi connectivity index (χ1) is 16.8. The second-order valence-electron chi connectivity index (χ2n) is 9.91. The number of Topliss-reactive ketones (excluding diaryl/α,β-unsaturated/α-hetero) is 4. The van der Waals surface area contributed by atoms with Gasteiger partial charge in [0.25, 0.3) is 0 Å². The van der Waals surface area contributed by atoms with Crippen LogP contribution in [-0.4, -0.2) is 71.0 Å². The number of carbonyl (C=O) groups excluding carboxylic acids is 6. The van der Waals surface area contributed by atoms with Gasteiger partial charge in [0.2, 0.25) is 5.91 Å². The fourth-order valence-electron chi connectivity index (χ4n) is 6.16. The van der Waals surface area contributed by atoms with Crippen LogP contribution in [0.2, 0.25) is 0 Å². The van der Waals surface area contributed by atoms with Gasteiger partial charge in [0.15, 0.2) is 34.7 Å². The molecule has 3 aliphatic rings. The molecule has 2 unspecified atom stereocenters. The Labute approximate surface area is 206 Å². The first-order valence-corrected chi connectivity index (χ1v) is 11.7. The summed E-state index contributed by atoms with van der Waals surface area (Å²) in [5, 5.41) is 22.2. The maximum atomic E-state index is 13.8. The van der Waals surface area contributed by atoms with E-state index in [4.69, 9.17) is 10.5 Å². The summed E-state index contributed by atoms with van der Waals surface area (Å²) in [6, 6.07) is 2.92. The lowest BCUT2D eigenvalue weighted by molar-refractivity contribution is -0.198. The molecular formula is C25H28N2O9. The third-order valence-electron chi connectivity index (χ3n) is 7.82. The van der Waals surface area contributed by atoms with Gasteiger partial charge in [-0.15, -0.1) is 0 Å². The molecule has 0 aliphatic heterocycles. The van der Waals surface area contributed by atoms with Crippen LogP contribution in [0.1, 0.15) is 48.5 Å². The zero-order valence-corrected chi connectivity index (χ0v) is 20.3. The Hall–Kier alpha value is -3.60. The van der Waals surface area contributed by atoms with Gasteiger partial charge in [0, 0.05) is 44.5 Å². The van der Waals surface area contributed by atoms with Crippen LogP contribution in [0.4, 0.5) is 5.69 Å². The number of hydrogen-bond donors (Lipinski definition) is 3. The number of ketones is 4. The van der Waals surface area contributed by atoms with Crippen LogP contribution in [0.3, 0.4) is 0 Å². The lowest BCUT2D eigenvalue weighted by Gasteiger charge is -2.54. The molecular weight excluding hydrogens is 472 g/mol. The highest BCUT2D eigenvalue weighted by atomic mass is 16.5. The number of rotatable bonds is 4. The van der Waals surface area contributed by atoms with Crippen LogP contribution >= 0.6 is 0 Å². The largest absolute Gasteiger partial charge is 0.507 e. The number of anilines is 1. The van der Waals surface area contributed by atoms with E-state index in [0.717, 1.165) is 0 Å². The molecule has 0 bridgehead atoms. The van der Waals surface area contributed by atoms with Crippen LogP contribution < -0.4 is 10.6 Å². The minimum Gasteiger partial charge on any atom is -0.507 e. The van der Waals surface area contributed by atoms with Gasteiger partial charge < -0.3 is 25.6 Å². The number of primary amides is 1. The maximum Gasteiger partial charge on any atom is 0.305 e. The van der Waals surface area contributed by atoms with E-state index in [1.807, 2.05) is 0 Å². The highest BCUT2D eigenvalue weighted by molar-refractivity contribution is 6.31. The molecule has 0 aromatic heterocycles. The Morgan fingerprint density at radius 1 is 1.17 bits per heavy atom. The number of carbonyl (C=O) groups is 6. The van der Waals surface area contributed by atoms with E-state index in [2.05, 4.69) is 0 Å². The Kier molecular flexibility index (Phi) is 6.02. The number of aromatic hydroxyl groups is 1. The van der Waals surface area contributed by atoms with E-state index in [1.54, 1.807) is 32.0 Å². The summed E-state index contributed by atoms with van der Waals surface area (Å²) in [6.07, 6.45) is -2.08. The van der Waals surface area contributed by atoms with Crippen molar-refractivity contribution in [1.29, 1.82) is 0 Å². The summed E-state index contributed by atoms with van der Waals surface area (Å²) in [4.78, 5) is 79.7. The highest BCUT2D eigenvalue weighted by Crippen LogP contribution is 2.56. The van der Waals surface area contributed by atoms with Gasteiger partial charge in [0.05, 0.1) is 11.5 Å². The molecule has 0 radical (unpaired) electrons. The van der Waals surface area contributed by atoms with Crippen molar-refractivity contribution in [3.8, 4) is 5.75 Å². The van der Waals surface area contributed by atoms with Crippen LogP contribution in [-0.2, 0) is 28.7 Å². The number of ether oxygens (including phenoxy) is 1. The van der Waals surface area contributed by atoms with Gasteiger partial charge in [-0.05, 0) is 23.6 Å². The van der Waals surface area contributed by atoms with Crippen molar-refractivity contribution in [2.75, 3.05) is 19.0 Å². The second-order valence-corrected chi connectivity index (χ2v) is 9.91. The van der Waals surface area contributed by atoms with Gasteiger partial charge in [-0.2, -0.15) is 0 Å². The van der Waals surface area contributed by atoms with Crippen molar-refractivity contribution in [3.05, 3.63) is 23.3 Å². The molecule has 3 aliphatic carbocycles. The highest BCUT2D eigenvalue weighted by Gasteiger charge is 2.71. The number of phenolic OH excluding ortho intramolecular Hbond substituents is 1. The number of aliphatic hydroxyl groups is 1. The number of fused-ring (bicyclic) bond motifs is 3. The summed E-state index contributed by atoms with van der Waals surface area (Å²) in [7, 11) is 3.47. The Morgan fingerprint density at radius 3 is 2.36 bits per heavy atom. The van der Waals surface area contributed by atoms with Gasteiger partial charge >= 0.3 is 5.97 Å². The summed E-state index contributed by atoms with van der Waals surface area (Å²) >= 11 is 0. The van der Waals surface area contributed by atoms with E-state index in [1.165, 1.54) is 13.0 Å². The fraction of sp³-hybridized carbons (Fsp3) is 0.520. The van der Waals surface area contributed by atoms with Gasteiger partial charge in [0.1, 0.15) is 11.9 Å². The average Bonchev–Trinajstić information content (AvgIpc) is 2.80. The molecule has 4 rings (SSSR count). The van der Waals surface area contributed by atoms with Crippen molar-refractivity contribution in [1.82, 2.24) is 0 Å². The second kappa shape index (κ2) is 8.51. The van der Waals surface area contributed by atoms with Crippen molar-refractivity contribution >= 4 is 40.7 Å².